The second-order valence-corrected chi connectivity index (χ2v) is 8.80. The Morgan fingerprint density at radius 3 is 2.82 bits per heavy atom. The molecular formula is C21H34N4O2S. The molecule has 6 nitrogen and oxygen atoms in total. The minimum atomic E-state index is -0.0687. The summed E-state index contributed by atoms with van der Waals surface area (Å²) < 4.78 is 5.22. The van der Waals surface area contributed by atoms with Crippen molar-refractivity contribution in [2.24, 2.45) is 16.8 Å². The lowest BCUT2D eigenvalue weighted by molar-refractivity contribution is -0.149. The van der Waals surface area contributed by atoms with E-state index in [0.29, 0.717) is 19.1 Å². The Morgan fingerprint density at radius 1 is 1.32 bits per heavy atom. The van der Waals surface area contributed by atoms with Gasteiger partial charge in [0.1, 0.15) is 0 Å². The molecule has 0 spiro atoms. The van der Waals surface area contributed by atoms with Crippen LogP contribution in [0, 0.1) is 11.8 Å². The number of hydrogen-bond donors (Lipinski definition) is 1. The normalized spacial score (nSPS) is 22.3. The predicted molar refractivity (Wildman–Crippen MR) is 115 cm³/mol. The van der Waals surface area contributed by atoms with Crippen LogP contribution in [0.25, 0.3) is 0 Å². The number of piperidine rings is 2. The molecule has 0 amide bonds. The fourth-order valence-corrected chi connectivity index (χ4v) is 4.91. The van der Waals surface area contributed by atoms with Gasteiger partial charge in [0.05, 0.1) is 12.5 Å². The SMILES string of the molecule is CCOC(=O)C1CCCN(C(=NC)NCC2CCN(Cc3cccs3)CC2)C1. The first-order chi connectivity index (χ1) is 13.7. The number of carbonyl (C=O) groups excluding carboxylic acids is 1. The van der Waals surface area contributed by atoms with Gasteiger partial charge in [-0.1, -0.05) is 6.07 Å². The number of ether oxygens (including phenoxy) is 1. The molecule has 3 heterocycles. The number of aliphatic imine (C=N–C) groups is 1. The highest BCUT2D eigenvalue weighted by Gasteiger charge is 2.29. The van der Waals surface area contributed by atoms with Crippen LogP contribution in [-0.2, 0) is 16.1 Å². The lowest BCUT2D eigenvalue weighted by Crippen LogP contribution is -2.49. The van der Waals surface area contributed by atoms with Crippen molar-refractivity contribution >= 4 is 23.3 Å². The molecule has 2 aliphatic heterocycles. The van der Waals surface area contributed by atoms with Crippen LogP contribution in [0.2, 0.25) is 0 Å². The van der Waals surface area contributed by atoms with E-state index in [1.807, 2.05) is 25.3 Å². The Hall–Kier alpha value is -1.60. The van der Waals surface area contributed by atoms with Gasteiger partial charge in [-0.3, -0.25) is 14.7 Å². The second kappa shape index (κ2) is 10.8. The highest BCUT2D eigenvalue weighted by Crippen LogP contribution is 2.21. The van der Waals surface area contributed by atoms with Crippen molar-refractivity contribution in [1.82, 2.24) is 15.1 Å². The number of nitrogens with zero attached hydrogens (tertiary/aromatic N) is 3. The zero-order chi connectivity index (χ0) is 19.8. The van der Waals surface area contributed by atoms with E-state index in [4.69, 9.17) is 4.74 Å². The third kappa shape index (κ3) is 5.95. The van der Waals surface area contributed by atoms with Crippen LogP contribution in [0.15, 0.2) is 22.5 Å². The fourth-order valence-electron chi connectivity index (χ4n) is 4.16. The van der Waals surface area contributed by atoms with Gasteiger partial charge in [0.15, 0.2) is 5.96 Å². The summed E-state index contributed by atoms with van der Waals surface area (Å²) in [6, 6.07) is 4.36. The number of nitrogens with one attached hydrogen (secondary N) is 1. The average Bonchev–Trinajstić information content (AvgIpc) is 3.23. The summed E-state index contributed by atoms with van der Waals surface area (Å²) in [7, 11) is 1.83. The molecule has 0 saturated carbocycles. The second-order valence-electron chi connectivity index (χ2n) is 7.76. The number of thiophene rings is 1. The summed E-state index contributed by atoms with van der Waals surface area (Å²) >= 11 is 1.85. The number of esters is 1. The molecule has 0 aromatic carbocycles. The molecule has 1 aromatic heterocycles. The molecule has 1 N–H and O–H groups in total. The topological polar surface area (TPSA) is 57.2 Å². The number of likely N-dealkylation sites (tertiary alicyclic amines) is 2. The molecule has 0 aliphatic carbocycles. The van der Waals surface area contributed by atoms with Crippen LogP contribution in [0.5, 0.6) is 0 Å². The molecule has 2 aliphatic rings. The van der Waals surface area contributed by atoms with E-state index < -0.39 is 0 Å². The maximum absolute atomic E-state index is 12.1. The quantitative estimate of drug-likeness (QED) is 0.447. The summed E-state index contributed by atoms with van der Waals surface area (Å²) in [6.45, 7) is 8.35. The van der Waals surface area contributed by atoms with Gasteiger partial charge in [-0.05, 0) is 63.1 Å². The van der Waals surface area contributed by atoms with Gasteiger partial charge in [-0.25, -0.2) is 0 Å². The smallest absolute Gasteiger partial charge is 0.310 e. The maximum Gasteiger partial charge on any atom is 0.310 e. The summed E-state index contributed by atoms with van der Waals surface area (Å²) in [6.07, 6.45) is 4.36. The Labute approximate surface area is 173 Å². The third-order valence-electron chi connectivity index (χ3n) is 5.77. The van der Waals surface area contributed by atoms with Gasteiger partial charge in [-0.15, -0.1) is 11.3 Å². The van der Waals surface area contributed by atoms with Gasteiger partial charge in [0.2, 0.25) is 0 Å². The van der Waals surface area contributed by atoms with E-state index in [-0.39, 0.29) is 11.9 Å². The molecule has 1 aromatic rings. The molecular weight excluding hydrogens is 372 g/mol. The number of guanidine groups is 1. The largest absolute Gasteiger partial charge is 0.466 e. The van der Waals surface area contributed by atoms with Crippen molar-refractivity contribution in [3.05, 3.63) is 22.4 Å². The number of hydrogen-bond acceptors (Lipinski definition) is 5. The van der Waals surface area contributed by atoms with E-state index in [1.54, 1.807) is 0 Å². The molecule has 2 saturated heterocycles. The Kier molecular flexibility index (Phi) is 8.15. The maximum atomic E-state index is 12.1. The summed E-state index contributed by atoms with van der Waals surface area (Å²) in [5.41, 5.74) is 0. The zero-order valence-corrected chi connectivity index (χ0v) is 18.0. The van der Waals surface area contributed by atoms with Crippen LogP contribution < -0.4 is 5.32 Å². The van der Waals surface area contributed by atoms with Crippen molar-refractivity contribution in [3.63, 3.8) is 0 Å². The van der Waals surface area contributed by atoms with E-state index in [9.17, 15) is 4.79 Å². The van der Waals surface area contributed by atoms with Gasteiger partial charge in [-0.2, -0.15) is 0 Å². The van der Waals surface area contributed by atoms with Gasteiger partial charge in [0.25, 0.3) is 0 Å². The lowest BCUT2D eigenvalue weighted by atomic mass is 9.96. The highest BCUT2D eigenvalue weighted by molar-refractivity contribution is 7.09. The van der Waals surface area contributed by atoms with E-state index in [1.165, 1.54) is 17.7 Å². The van der Waals surface area contributed by atoms with Gasteiger partial charge < -0.3 is 15.0 Å². The van der Waals surface area contributed by atoms with Gasteiger partial charge in [0, 0.05) is 38.1 Å². The first-order valence-corrected chi connectivity index (χ1v) is 11.4. The molecule has 28 heavy (non-hydrogen) atoms. The van der Waals surface area contributed by atoms with Crippen LogP contribution in [0.3, 0.4) is 0 Å². The molecule has 2 fully saturated rings. The summed E-state index contributed by atoms with van der Waals surface area (Å²) in [5, 5.41) is 5.73. The average molecular weight is 407 g/mol. The van der Waals surface area contributed by atoms with Crippen molar-refractivity contribution in [1.29, 1.82) is 0 Å². The summed E-state index contributed by atoms with van der Waals surface area (Å²) in [4.78, 5) is 22.8. The van der Waals surface area contributed by atoms with E-state index in [2.05, 4.69) is 37.6 Å². The fraction of sp³-hybridized carbons (Fsp3) is 0.714. The first kappa shape index (κ1) is 21.1. The standard InChI is InChI=1S/C21H34N4O2S/c1-3-27-20(26)18-6-4-10-25(15-18)21(22-2)23-14-17-8-11-24(12-9-17)16-19-7-5-13-28-19/h5,7,13,17-18H,3-4,6,8-12,14-16H2,1-2H3,(H,22,23). The van der Waals surface area contributed by atoms with Crippen LogP contribution in [0.1, 0.15) is 37.5 Å². The van der Waals surface area contributed by atoms with Crippen molar-refractivity contribution in [2.75, 3.05) is 46.4 Å². The molecule has 0 bridgehead atoms. The number of rotatable bonds is 6. The predicted octanol–water partition coefficient (Wildman–Crippen LogP) is 2.81. The van der Waals surface area contributed by atoms with Crippen LogP contribution >= 0.6 is 11.3 Å². The first-order valence-electron chi connectivity index (χ1n) is 10.6. The molecule has 3 rings (SSSR count). The molecule has 1 atom stereocenters. The monoisotopic (exact) mass is 406 g/mol. The van der Waals surface area contributed by atoms with Crippen LogP contribution in [-0.4, -0.2) is 68.1 Å². The van der Waals surface area contributed by atoms with Crippen molar-refractivity contribution in [2.45, 2.75) is 39.2 Å². The zero-order valence-electron chi connectivity index (χ0n) is 17.2. The number of carbonyl (C=O) groups is 1. The molecule has 156 valence electrons. The Balaban J connectivity index is 1.41. The third-order valence-corrected chi connectivity index (χ3v) is 6.63. The van der Waals surface area contributed by atoms with Crippen molar-refractivity contribution < 1.29 is 9.53 Å². The Bertz CT molecular complexity index is 626. The van der Waals surface area contributed by atoms with Crippen molar-refractivity contribution in [3.8, 4) is 0 Å². The minimum Gasteiger partial charge on any atom is -0.466 e. The van der Waals surface area contributed by atoms with Gasteiger partial charge >= 0.3 is 5.97 Å². The van der Waals surface area contributed by atoms with E-state index >= 15 is 0 Å². The molecule has 7 heteroatoms. The molecule has 1 unspecified atom stereocenters. The summed E-state index contributed by atoms with van der Waals surface area (Å²) in [5.74, 6) is 1.51. The lowest BCUT2D eigenvalue weighted by Gasteiger charge is -2.35. The highest BCUT2D eigenvalue weighted by atomic mass is 32.1. The minimum absolute atomic E-state index is 0.0345. The van der Waals surface area contributed by atoms with E-state index in [0.717, 1.165) is 51.5 Å². The molecule has 0 radical (unpaired) electrons. The van der Waals surface area contributed by atoms with Crippen LogP contribution in [0.4, 0.5) is 0 Å². The Morgan fingerprint density at radius 2 is 2.14 bits per heavy atom.